The molecule has 0 saturated heterocycles. The van der Waals surface area contributed by atoms with Gasteiger partial charge in [-0.2, -0.15) is 0 Å². The number of nitrogens with one attached hydrogen (secondary N) is 1. The molecule has 18 heavy (non-hydrogen) atoms. The third-order valence-corrected chi connectivity index (χ3v) is 2.47. The van der Waals surface area contributed by atoms with E-state index in [1.165, 1.54) is 6.07 Å². The van der Waals surface area contributed by atoms with Crippen molar-refractivity contribution in [1.82, 2.24) is 15.0 Å². The van der Waals surface area contributed by atoms with Crippen molar-refractivity contribution in [1.29, 1.82) is 0 Å². The maximum absolute atomic E-state index is 10.9. The van der Waals surface area contributed by atoms with Crippen LogP contribution in [0.25, 0.3) is 0 Å². The van der Waals surface area contributed by atoms with Crippen molar-refractivity contribution < 1.29 is 9.90 Å². The van der Waals surface area contributed by atoms with Crippen molar-refractivity contribution in [2.75, 3.05) is 11.9 Å². The van der Waals surface area contributed by atoms with E-state index in [-0.39, 0.29) is 5.69 Å². The Bertz CT molecular complexity index is 551. The van der Waals surface area contributed by atoms with Crippen LogP contribution in [0.5, 0.6) is 0 Å². The Morgan fingerprint density at radius 3 is 2.89 bits per heavy atom. The molecule has 94 valence electrons. The lowest BCUT2D eigenvalue weighted by atomic mass is 10.3. The number of nitrogens with zero attached hydrogens (tertiary/aromatic N) is 3. The first kappa shape index (κ1) is 12.1. The van der Waals surface area contributed by atoms with Crippen LogP contribution < -0.4 is 4.90 Å². The first-order valence-electron chi connectivity index (χ1n) is 5.48. The predicted octanol–water partition coefficient (Wildman–Crippen LogP) is 1.45. The number of aromatic nitrogens is 3. The van der Waals surface area contributed by atoms with Gasteiger partial charge in [0.05, 0.1) is 6.54 Å². The monoisotopic (exact) mass is 246 g/mol. The highest BCUT2D eigenvalue weighted by molar-refractivity contribution is 5.85. The van der Waals surface area contributed by atoms with Gasteiger partial charge in [0.2, 0.25) is 5.95 Å². The largest absolute Gasteiger partial charge is 0.477 e. The summed E-state index contributed by atoms with van der Waals surface area (Å²) in [6.07, 6.45) is 1.84. The molecule has 0 aliphatic rings. The van der Waals surface area contributed by atoms with Gasteiger partial charge in [0.1, 0.15) is 0 Å². The van der Waals surface area contributed by atoms with Gasteiger partial charge in [-0.15, -0.1) is 0 Å². The summed E-state index contributed by atoms with van der Waals surface area (Å²) in [7, 11) is 1.82. The van der Waals surface area contributed by atoms with E-state index in [2.05, 4.69) is 15.0 Å². The van der Waals surface area contributed by atoms with Gasteiger partial charge in [0.15, 0.2) is 5.69 Å². The van der Waals surface area contributed by atoms with E-state index < -0.39 is 5.97 Å². The Hall–Kier alpha value is -2.37. The van der Waals surface area contributed by atoms with Crippen molar-refractivity contribution in [2.45, 2.75) is 13.5 Å². The molecule has 0 fully saturated rings. The van der Waals surface area contributed by atoms with Crippen LogP contribution in [-0.2, 0) is 6.54 Å². The van der Waals surface area contributed by atoms with Crippen LogP contribution in [0.1, 0.15) is 21.9 Å². The summed E-state index contributed by atoms with van der Waals surface area (Å²) < 4.78 is 0. The Morgan fingerprint density at radius 2 is 2.28 bits per heavy atom. The average molecular weight is 246 g/mol. The van der Waals surface area contributed by atoms with Crippen LogP contribution >= 0.6 is 0 Å². The zero-order valence-corrected chi connectivity index (χ0v) is 10.2. The molecule has 0 saturated carbocycles. The number of carboxylic acids is 1. The smallest absolute Gasteiger partial charge is 0.354 e. The Balaban J connectivity index is 2.24. The van der Waals surface area contributed by atoms with Crippen molar-refractivity contribution in [3.8, 4) is 0 Å². The second-order valence-corrected chi connectivity index (χ2v) is 4.05. The summed E-state index contributed by atoms with van der Waals surface area (Å²) in [6.45, 7) is 2.34. The number of rotatable bonds is 4. The van der Waals surface area contributed by atoms with Crippen molar-refractivity contribution in [3.63, 3.8) is 0 Å². The van der Waals surface area contributed by atoms with Gasteiger partial charge in [-0.25, -0.2) is 14.8 Å². The zero-order valence-electron chi connectivity index (χ0n) is 10.2. The van der Waals surface area contributed by atoms with Crippen LogP contribution in [0.2, 0.25) is 0 Å². The SMILES string of the molecule is Cc1cc(C(=O)O)nc(N(C)Cc2ccc[nH]2)n1. The van der Waals surface area contributed by atoms with Crippen LogP contribution in [0.4, 0.5) is 5.95 Å². The fraction of sp³-hybridized carbons (Fsp3) is 0.250. The lowest BCUT2D eigenvalue weighted by Gasteiger charge is -2.16. The quantitative estimate of drug-likeness (QED) is 0.853. The van der Waals surface area contributed by atoms with E-state index in [1.807, 2.05) is 25.4 Å². The van der Waals surface area contributed by atoms with E-state index in [4.69, 9.17) is 5.11 Å². The molecule has 0 radical (unpaired) electrons. The molecule has 0 spiro atoms. The Morgan fingerprint density at radius 1 is 1.50 bits per heavy atom. The van der Waals surface area contributed by atoms with E-state index in [1.54, 1.807) is 11.8 Å². The minimum atomic E-state index is -1.05. The van der Waals surface area contributed by atoms with Gasteiger partial charge in [-0.3, -0.25) is 0 Å². The van der Waals surface area contributed by atoms with E-state index >= 15 is 0 Å². The van der Waals surface area contributed by atoms with Crippen LogP contribution in [0, 0.1) is 6.92 Å². The molecule has 0 amide bonds. The number of anilines is 1. The molecule has 0 atom stereocenters. The number of H-pyrrole nitrogens is 1. The maximum Gasteiger partial charge on any atom is 0.354 e. The summed E-state index contributed by atoms with van der Waals surface area (Å²) in [6, 6.07) is 5.31. The summed E-state index contributed by atoms with van der Waals surface area (Å²) in [5.74, 6) is -0.642. The molecule has 2 N–H and O–H groups in total. The highest BCUT2D eigenvalue weighted by Crippen LogP contribution is 2.11. The molecular weight excluding hydrogens is 232 g/mol. The van der Waals surface area contributed by atoms with Crippen molar-refractivity contribution >= 4 is 11.9 Å². The molecule has 0 bridgehead atoms. The number of carbonyl (C=O) groups is 1. The first-order valence-corrected chi connectivity index (χ1v) is 5.48. The molecular formula is C12H14N4O2. The highest BCUT2D eigenvalue weighted by Gasteiger charge is 2.12. The molecule has 6 nitrogen and oxygen atoms in total. The summed E-state index contributed by atoms with van der Waals surface area (Å²) in [5, 5.41) is 8.96. The maximum atomic E-state index is 10.9. The predicted molar refractivity (Wildman–Crippen MR) is 66.6 cm³/mol. The van der Waals surface area contributed by atoms with Gasteiger partial charge in [-0.1, -0.05) is 0 Å². The van der Waals surface area contributed by atoms with E-state index in [0.717, 1.165) is 5.69 Å². The number of hydrogen-bond acceptors (Lipinski definition) is 4. The topological polar surface area (TPSA) is 82.1 Å². The summed E-state index contributed by atoms with van der Waals surface area (Å²) in [4.78, 5) is 24.1. The highest BCUT2D eigenvalue weighted by atomic mass is 16.4. The molecule has 0 unspecified atom stereocenters. The van der Waals surface area contributed by atoms with Crippen LogP contribution in [-0.4, -0.2) is 33.1 Å². The molecule has 2 rings (SSSR count). The number of carboxylic acid groups (broad SMARTS) is 1. The standard InChI is InChI=1S/C12H14N4O2/c1-8-6-10(11(17)18)15-12(14-8)16(2)7-9-4-3-5-13-9/h3-6,13H,7H2,1-2H3,(H,17,18). The fourth-order valence-corrected chi connectivity index (χ4v) is 1.63. The van der Waals surface area contributed by atoms with Crippen LogP contribution in [0.3, 0.4) is 0 Å². The summed E-state index contributed by atoms with van der Waals surface area (Å²) >= 11 is 0. The zero-order chi connectivity index (χ0) is 13.1. The average Bonchev–Trinajstić information content (AvgIpc) is 2.80. The van der Waals surface area contributed by atoms with Gasteiger partial charge >= 0.3 is 5.97 Å². The minimum Gasteiger partial charge on any atom is -0.477 e. The molecule has 6 heteroatoms. The lowest BCUT2D eigenvalue weighted by molar-refractivity contribution is 0.0690. The van der Waals surface area contributed by atoms with Gasteiger partial charge in [0.25, 0.3) is 0 Å². The Kier molecular flexibility index (Phi) is 3.27. The second-order valence-electron chi connectivity index (χ2n) is 4.05. The number of aromatic carboxylic acids is 1. The van der Waals surface area contributed by atoms with E-state index in [9.17, 15) is 4.79 Å². The van der Waals surface area contributed by atoms with Crippen molar-refractivity contribution in [2.24, 2.45) is 0 Å². The van der Waals surface area contributed by atoms with Gasteiger partial charge < -0.3 is 15.0 Å². The Labute approximate surface area is 104 Å². The third-order valence-electron chi connectivity index (χ3n) is 2.47. The fourth-order valence-electron chi connectivity index (χ4n) is 1.63. The summed E-state index contributed by atoms with van der Waals surface area (Å²) in [5.41, 5.74) is 1.66. The second kappa shape index (κ2) is 4.87. The number of aromatic amines is 1. The minimum absolute atomic E-state index is 0.0100. The van der Waals surface area contributed by atoms with Gasteiger partial charge in [-0.05, 0) is 25.1 Å². The molecule has 2 heterocycles. The normalized spacial score (nSPS) is 10.3. The van der Waals surface area contributed by atoms with E-state index in [0.29, 0.717) is 18.2 Å². The molecule has 2 aromatic rings. The molecule has 0 aliphatic heterocycles. The van der Waals surface area contributed by atoms with Gasteiger partial charge in [0, 0.05) is 24.6 Å². The molecule has 0 aliphatic carbocycles. The molecule has 0 aromatic carbocycles. The lowest BCUT2D eigenvalue weighted by Crippen LogP contribution is -2.21. The number of aryl methyl sites for hydroxylation is 1. The third kappa shape index (κ3) is 2.65. The first-order chi connectivity index (χ1) is 8.56. The molecule has 2 aromatic heterocycles. The van der Waals surface area contributed by atoms with Crippen molar-refractivity contribution in [3.05, 3.63) is 41.5 Å². The number of hydrogen-bond donors (Lipinski definition) is 2. The van der Waals surface area contributed by atoms with Crippen LogP contribution in [0.15, 0.2) is 24.4 Å².